The van der Waals surface area contributed by atoms with Gasteiger partial charge in [-0.15, -0.1) is 0 Å². The van der Waals surface area contributed by atoms with Crippen LogP contribution in [0.25, 0.3) is 0 Å². The Balaban J connectivity index is 1.88. The topological polar surface area (TPSA) is 58.4 Å². The Hall–Kier alpha value is -1.50. The van der Waals surface area contributed by atoms with E-state index >= 15 is 0 Å². The van der Waals surface area contributed by atoms with Gasteiger partial charge in [0.15, 0.2) is 5.16 Å². The smallest absolute Gasteiger partial charge is 0.236 e. The quantitative estimate of drug-likeness (QED) is 0.766. The van der Waals surface area contributed by atoms with Crippen LogP contribution >= 0.6 is 11.8 Å². The fraction of sp³-hybridized carbons (Fsp3) is 0.615. The second-order valence-electron chi connectivity index (χ2n) is 4.91. The Labute approximate surface area is 123 Å². The second kappa shape index (κ2) is 6.30. The van der Waals surface area contributed by atoms with Crippen molar-refractivity contribution in [2.24, 2.45) is 7.05 Å². The maximum atomic E-state index is 12.4. The number of aromatic nitrogens is 2. The molecule has 0 aromatic carbocycles. The van der Waals surface area contributed by atoms with Crippen LogP contribution < -0.4 is 0 Å². The van der Waals surface area contributed by atoms with Crippen molar-refractivity contribution in [3.05, 3.63) is 12.4 Å². The monoisotopic (exact) mass is 296 g/mol. The van der Waals surface area contributed by atoms with Gasteiger partial charge >= 0.3 is 0 Å². The fourth-order valence-corrected chi connectivity index (χ4v) is 3.09. The van der Waals surface area contributed by atoms with Crippen molar-refractivity contribution in [1.29, 1.82) is 0 Å². The van der Waals surface area contributed by atoms with Gasteiger partial charge in [0, 0.05) is 52.5 Å². The van der Waals surface area contributed by atoms with Gasteiger partial charge in [-0.2, -0.15) is 0 Å². The van der Waals surface area contributed by atoms with Crippen molar-refractivity contribution in [2.45, 2.75) is 24.3 Å². The largest absolute Gasteiger partial charge is 0.339 e. The van der Waals surface area contributed by atoms with E-state index in [1.54, 1.807) is 18.0 Å². The molecule has 1 atom stereocenters. The SMILES string of the molecule is CC(=O)N1CCN(C(=O)C(C)Sc2nccn2C)CC1. The van der Waals surface area contributed by atoms with Crippen molar-refractivity contribution in [3.8, 4) is 0 Å². The van der Waals surface area contributed by atoms with Crippen LogP contribution in [0, 0.1) is 0 Å². The first-order valence-corrected chi connectivity index (χ1v) is 7.55. The third kappa shape index (κ3) is 3.33. The first-order valence-electron chi connectivity index (χ1n) is 6.67. The average Bonchev–Trinajstić information content (AvgIpc) is 2.83. The highest BCUT2D eigenvalue weighted by molar-refractivity contribution is 8.00. The molecule has 2 rings (SSSR count). The molecule has 1 saturated heterocycles. The van der Waals surface area contributed by atoms with Gasteiger partial charge in [-0.05, 0) is 6.92 Å². The average molecular weight is 296 g/mol. The Bertz CT molecular complexity index is 494. The van der Waals surface area contributed by atoms with Gasteiger partial charge in [-0.1, -0.05) is 11.8 Å². The van der Waals surface area contributed by atoms with E-state index in [0.29, 0.717) is 26.2 Å². The molecule has 1 aromatic heterocycles. The van der Waals surface area contributed by atoms with Crippen LogP contribution in [0.1, 0.15) is 13.8 Å². The third-order valence-corrected chi connectivity index (χ3v) is 4.60. The Morgan fingerprint density at radius 3 is 2.35 bits per heavy atom. The first-order chi connectivity index (χ1) is 9.49. The lowest BCUT2D eigenvalue weighted by atomic mass is 10.3. The summed E-state index contributed by atoms with van der Waals surface area (Å²) in [7, 11) is 1.91. The zero-order chi connectivity index (χ0) is 14.7. The van der Waals surface area contributed by atoms with E-state index in [0.717, 1.165) is 5.16 Å². The molecule has 1 aromatic rings. The molecular weight excluding hydrogens is 276 g/mol. The number of hydrogen-bond donors (Lipinski definition) is 0. The number of carbonyl (C=O) groups is 2. The summed E-state index contributed by atoms with van der Waals surface area (Å²) in [5, 5.41) is 0.674. The Morgan fingerprint density at radius 2 is 1.85 bits per heavy atom. The molecule has 0 saturated carbocycles. The lowest BCUT2D eigenvalue weighted by Crippen LogP contribution is -2.51. The molecular formula is C13H20N4O2S. The summed E-state index contributed by atoms with van der Waals surface area (Å²) in [6, 6.07) is 0. The van der Waals surface area contributed by atoms with Crippen LogP contribution in [0.5, 0.6) is 0 Å². The number of nitrogens with zero attached hydrogens (tertiary/aromatic N) is 4. The number of amides is 2. The summed E-state index contributed by atoms with van der Waals surface area (Å²) >= 11 is 1.47. The number of piperazine rings is 1. The summed E-state index contributed by atoms with van der Waals surface area (Å²) in [5.41, 5.74) is 0. The fourth-order valence-electron chi connectivity index (χ4n) is 2.17. The Morgan fingerprint density at radius 1 is 1.25 bits per heavy atom. The number of carbonyl (C=O) groups excluding carboxylic acids is 2. The van der Waals surface area contributed by atoms with Crippen molar-refractivity contribution < 1.29 is 9.59 Å². The molecule has 0 N–H and O–H groups in total. The molecule has 7 heteroatoms. The van der Waals surface area contributed by atoms with E-state index in [9.17, 15) is 9.59 Å². The van der Waals surface area contributed by atoms with Crippen LogP contribution in [0.4, 0.5) is 0 Å². The number of hydrogen-bond acceptors (Lipinski definition) is 4. The standard InChI is InChI=1S/C13H20N4O2S/c1-10(20-13-14-4-5-15(13)3)12(19)17-8-6-16(7-9-17)11(2)18/h4-5,10H,6-9H2,1-3H3. The van der Waals surface area contributed by atoms with Crippen LogP contribution in [-0.4, -0.2) is 62.6 Å². The zero-order valence-corrected chi connectivity index (χ0v) is 12.9. The summed E-state index contributed by atoms with van der Waals surface area (Å²) in [5.74, 6) is 0.189. The van der Waals surface area contributed by atoms with E-state index < -0.39 is 0 Å². The molecule has 110 valence electrons. The molecule has 0 bridgehead atoms. The molecule has 20 heavy (non-hydrogen) atoms. The maximum Gasteiger partial charge on any atom is 0.236 e. The van der Waals surface area contributed by atoms with E-state index in [4.69, 9.17) is 0 Å². The molecule has 6 nitrogen and oxygen atoms in total. The lowest BCUT2D eigenvalue weighted by molar-refractivity contribution is -0.137. The van der Waals surface area contributed by atoms with Gasteiger partial charge in [0.2, 0.25) is 11.8 Å². The van der Waals surface area contributed by atoms with E-state index in [1.807, 2.05) is 29.6 Å². The van der Waals surface area contributed by atoms with Crippen molar-refractivity contribution in [3.63, 3.8) is 0 Å². The number of rotatable bonds is 3. The molecule has 0 spiro atoms. The lowest BCUT2D eigenvalue weighted by Gasteiger charge is -2.35. The predicted octanol–water partition coefficient (Wildman–Crippen LogP) is 0.591. The Kier molecular flexibility index (Phi) is 4.69. The molecule has 0 radical (unpaired) electrons. The van der Waals surface area contributed by atoms with Crippen molar-refractivity contribution in [2.75, 3.05) is 26.2 Å². The molecule has 2 heterocycles. The molecule has 1 unspecified atom stereocenters. The summed E-state index contributed by atoms with van der Waals surface area (Å²) in [6.07, 6.45) is 3.59. The minimum Gasteiger partial charge on any atom is -0.339 e. The highest BCUT2D eigenvalue weighted by Crippen LogP contribution is 2.22. The summed E-state index contributed by atoms with van der Waals surface area (Å²) < 4.78 is 1.90. The first kappa shape index (κ1) is 14.9. The number of imidazole rings is 1. The zero-order valence-electron chi connectivity index (χ0n) is 12.1. The van der Waals surface area contributed by atoms with Crippen LogP contribution in [-0.2, 0) is 16.6 Å². The van der Waals surface area contributed by atoms with Crippen molar-refractivity contribution in [1.82, 2.24) is 19.4 Å². The minimum absolute atomic E-state index is 0.0764. The highest BCUT2D eigenvalue weighted by Gasteiger charge is 2.26. The van der Waals surface area contributed by atoms with Crippen molar-refractivity contribution >= 4 is 23.6 Å². The normalized spacial score (nSPS) is 17.1. The van der Waals surface area contributed by atoms with Gasteiger partial charge in [-0.25, -0.2) is 4.98 Å². The highest BCUT2D eigenvalue weighted by atomic mass is 32.2. The maximum absolute atomic E-state index is 12.4. The third-order valence-electron chi connectivity index (χ3n) is 3.44. The van der Waals surface area contributed by atoms with Gasteiger partial charge in [0.1, 0.15) is 0 Å². The van der Waals surface area contributed by atoms with Crippen LogP contribution in [0.15, 0.2) is 17.6 Å². The van der Waals surface area contributed by atoms with Gasteiger partial charge in [-0.3, -0.25) is 9.59 Å². The van der Waals surface area contributed by atoms with Gasteiger partial charge in [0.05, 0.1) is 5.25 Å². The predicted molar refractivity (Wildman–Crippen MR) is 77.4 cm³/mol. The molecule has 1 aliphatic rings. The summed E-state index contributed by atoms with van der Waals surface area (Å²) in [4.78, 5) is 31.5. The number of aryl methyl sites for hydroxylation is 1. The van der Waals surface area contributed by atoms with Crippen LogP contribution in [0.3, 0.4) is 0 Å². The van der Waals surface area contributed by atoms with Crippen LogP contribution in [0.2, 0.25) is 0 Å². The van der Waals surface area contributed by atoms with E-state index in [2.05, 4.69) is 4.98 Å². The van der Waals surface area contributed by atoms with Gasteiger partial charge in [0.25, 0.3) is 0 Å². The minimum atomic E-state index is -0.167. The van der Waals surface area contributed by atoms with Gasteiger partial charge < -0.3 is 14.4 Å². The second-order valence-corrected chi connectivity index (χ2v) is 6.22. The molecule has 0 aliphatic carbocycles. The molecule has 1 aliphatic heterocycles. The van der Waals surface area contributed by atoms with E-state index in [-0.39, 0.29) is 17.1 Å². The van der Waals surface area contributed by atoms with E-state index in [1.165, 1.54) is 11.8 Å². The molecule has 2 amide bonds. The molecule has 1 fully saturated rings. The summed E-state index contributed by atoms with van der Waals surface area (Å²) in [6.45, 7) is 5.95. The number of thioether (sulfide) groups is 1.